The second-order valence-electron chi connectivity index (χ2n) is 6.98. The molecule has 10 heteroatoms. The zero-order valence-electron chi connectivity index (χ0n) is 16.2. The highest BCUT2D eigenvalue weighted by atomic mass is 19.1. The van der Waals surface area contributed by atoms with Crippen molar-refractivity contribution >= 4 is 28.0 Å². The van der Waals surface area contributed by atoms with Crippen LogP contribution in [-0.4, -0.2) is 33.9 Å². The van der Waals surface area contributed by atoms with Gasteiger partial charge in [-0.25, -0.2) is 28.8 Å². The second-order valence-corrected chi connectivity index (χ2v) is 6.98. The number of halogens is 1. The zero-order valence-corrected chi connectivity index (χ0v) is 16.2. The molecule has 0 aliphatic rings. The second kappa shape index (κ2) is 6.48. The van der Waals surface area contributed by atoms with Crippen LogP contribution in [0.25, 0.3) is 33.7 Å². The van der Waals surface area contributed by atoms with Gasteiger partial charge in [-0.05, 0) is 18.2 Å². The summed E-state index contributed by atoms with van der Waals surface area (Å²) >= 11 is 0. The molecule has 0 atom stereocenters. The van der Waals surface area contributed by atoms with E-state index in [2.05, 4.69) is 20.1 Å². The van der Waals surface area contributed by atoms with Crippen LogP contribution in [0.3, 0.4) is 0 Å². The Kier molecular flexibility index (Phi) is 3.88. The molecule has 0 unspecified atom stereocenters. The lowest BCUT2D eigenvalue weighted by atomic mass is 10.2. The van der Waals surface area contributed by atoms with Crippen molar-refractivity contribution in [3.8, 4) is 11.5 Å². The van der Waals surface area contributed by atoms with Gasteiger partial charge < -0.3 is 5.73 Å². The molecule has 4 heterocycles. The molecule has 9 nitrogen and oxygen atoms in total. The maximum absolute atomic E-state index is 14.2. The van der Waals surface area contributed by atoms with Crippen molar-refractivity contribution in [1.82, 2.24) is 33.9 Å². The number of nitrogens with zero attached hydrogens (tertiary/aromatic N) is 7. The summed E-state index contributed by atoms with van der Waals surface area (Å²) < 4.78 is 18.6. The monoisotopic (exact) mass is 404 g/mol. The van der Waals surface area contributed by atoms with E-state index in [9.17, 15) is 9.18 Å². The van der Waals surface area contributed by atoms with E-state index in [1.807, 2.05) is 6.07 Å². The smallest absolute Gasteiger partial charge is 0.329 e. The van der Waals surface area contributed by atoms with Crippen LogP contribution in [0.4, 0.5) is 10.2 Å². The van der Waals surface area contributed by atoms with Gasteiger partial charge in [0.2, 0.25) is 0 Å². The highest BCUT2D eigenvalue weighted by molar-refractivity contribution is 5.91. The average molecular weight is 404 g/mol. The van der Waals surface area contributed by atoms with Crippen LogP contribution in [0.15, 0.2) is 47.4 Å². The van der Waals surface area contributed by atoms with E-state index in [-0.39, 0.29) is 29.7 Å². The molecule has 5 aromatic rings. The van der Waals surface area contributed by atoms with Crippen molar-refractivity contribution in [2.24, 2.45) is 14.1 Å². The van der Waals surface area contributed by atoms with E-state index >= 15 is 0 Å². The molecule has 0 radical (unpaired) electrons. The van der Waals surface area contributed by atoms with Crippen molar-refractivity contribution in [1.29, 1.82) is 0 Å². The molecule has 0 saturated carbocycles. The van der Waals surface area contributed by atoms with Crippen LogP contribution < -0.4 is 11.4 Å². The standard InChI is InChI=1S/C20H17FN8O/c1-27-15-16(22)24-17(25-19(15)28(2)20(27)30)14-12-7-5-9-23-18(12)29(26-14)10-11-6-3-4-8-13(11)21/h3-9H,10H2,1-2H3,(H2,22,24,25). The van der Waals surface area contributed by atoms with Crippen molar-refractivity contribution in [2.75, 3.05) is 5.73 Å². The number of nitrogen functional groups attached to an aromatic ring is 1. The van der Waals surface area contributed by atoms with Crippen molar-refractivity contribution < 1.29 is 4.39 Å². The van der Waals surface area contributed by atoms with Crippen LogP contribution in [0.2, 0.25) is 0 Å². The van der Waals surface area contributed by atoms with E-state index in [0.717, 1.165) is 0 Å². The summed E-state index contributed by atoms with van der Waals surface area (Å²) in [6, 6.07) is 10.1. The van der Waals surface area contributed by atoms with Crippen molar-refractivity contribution in [3.05, 3.63) is 64.5 Å². The first kappa shape index (κ1) is 18.0. The van der Waals surface area contributed by atoms with Crippen LogP contribution >= 0.6 is 0 Å². The van der Waals surface area contributed by atoms with Gasteiger partial charge in [0.25, 0.3) is 0 Å². The number of hydrogen-bond donors (Lipinski definition) is 1. The normalized spacial score (nSPS) is 11.6. The highest BCUT2D eigenvalue weighted by Crippen LogP contribution is 2.27. The molecule has 150 valence electrons. The summed E-state index contributed by atoms with van der Waals surface area (Å²) in [6.07, 6.45) is 1.64. The lowest BCUT2D eigenvalue weighted by Crippen LogP contribution is -2.19. The van der Waals surface area contributed by atoms with Crippen LogP contribution in [0, 0.1) is 5.82 Å². The topological polar surface area (TPSA) is 109 Å². The number of imidazole rings is 1. The maximum Gasteiger partial charge on any atom is 0.329 e. The van der Waals surface area contributed by atoms with Gasteiger partial charge in [0, 0.05) is 25.9 Å². The quantitative estimate of drug-likeness (QED) is 0.491. The van der Waals surface area contributed by atoms with Gasteiger partial charge in [-0.3, -0.25) is 9.13 Å². The average Bonchev–Trinajstić information content (AvgIpc) is 3.21. The molecule has 0 spiro atoms. The molecular weight excluding hydrogens is 387 g/mol. The Bertz CT molecular complexity index is 1500. The van der Waals surface area contributed by atoms with Crippen molar-refractivity contribution in [3.63, 3.8) is 0 Å². The Morgan fingerprint density at radius 2 is 1.83 bits per heavy atom. The summed E-state index contributed by atoms with van der Waals surface area (Å²) in [5.41, 5.74) is 8.28. The Morgan fingerprint density at radius 3 is 2.63 bits per heavy atom. The van der Waals surface area contributed by atoms with Crippen LogP contribution in [0.1, 0.15) is 5.56 Å². The van der Waals surface area contributed by atoms with E-state index in [1.54, 1.807) is 49.2 Å². The van der Waals surface area contributed by atoms with Gasteiger partial charge in [0.1, 0.15) is 17.0 Å². The Morgan fingerprint density at radius 1 is 1.03 bits per heavy atom. The molecule has 0 fully saturated rings. The fourth-order valence-corrected chi connectivity index (χ4v) is 3.61. The molecule has 30 heavy (non-hydrogen) atoms. The van der Waals surface area contributed by atoms with Crippen molar-refractivity contribution in [2.45, 2.75) is 6.54 Å². The number of aromatic nitrogens is 7. The van der Waals surface area contributed by atoms with Gasteiger partial charge in [-0.1, -0.05) is 18.2 Å². The first-order chi connectivity index (χ1) is 14.5. The lowest BCUT2D eigenvalue weighted by Gasteiger charge is -2.04. The molecule has 5 rings (SSSR count). The first-order valence-electron chi connectivity index (χ1n) is 9.20. The van der Waals surface area contributed by atoms with Gasteiger partial charge in [-0.15, -0.1) is 0 Å². The third-order valence-corrected chi connectivity index (χ3v) is 5.12. The van der Waals surface area contributed by atoms with Crippen LogP contribution in [0.5, 0.6) is 0 Å². The predicted molar refractivity (Wildman–Crippen MR) is 110 cm³/mol. The number of benzene rings is 1. The molecule has 0 aliphatic carbocycles. The lowest BCUT2D eigenvalue weighted by molar-refractivity contribution is 0.589. The Labute approximate surface area is 169 Å². The third kappa shape index (κ3) is 2.57. The summed E-state index contributed by atoms with van der Waals surface area (Å²) in [7, 11) is 3.24. The molecule has 0 aliphatic heterocycles. The first-order valence-corrected chi connectivity index (χ1v) is 9.20. The number of anilines is 1. The van der Waals surface area contributed by atoms with Crippen LogP contribution in [-0.2, 0) is 20.6 Å². The van der Waals surface area contributed by atoms with Gasteiger partial charge in [-0.2, -0.15) is 5.10 Å². The number of fused-ring (bicyclic) bond motifs is 2. The van der Waals surface area contributed by atoms with Gasteiger partial charge in [0.15, 0.2) is 22.9 Å². The number of aryl methyl sites for hydroxylation is 2. The molecule has 0 amide bonds. The number of pyridine rings is 1. The van der Waals surface area contributed by atoms with E-state index in [1.165, 1.54) is 15.2 Å². The molecule has 0 bridgehead atoms. The number of rotatable bonds is 3. The maximum atomic E-state index is 14.2. The van der Waals surface area contributed by atoms with E-state index in [0.29, 0.717) is 33.5 Å². The predicted octanol–water partition coefficient (Wildman–Crippen LogP) is 1.85. The fourth-order valence-electron chi connectivity index (χ4n) is 3.61. The molecule has 4 aromatic heterocycles. The molecular formula is C20H17FN8O. The van der Waals surface area contributed by atoms with E-state index in [4.69, 9.17) is 5.73 Å². The minimum atomic E-state index is -0.320. The summed E-state index contributed by atoms with van der Waals surface area (Å²) in [6.45, 7) is 0.196. The fraction of sp³-hybridized carbons (Fsp3) is 0.150. The van der Waals surface area contributed by atoms with Gasteiger partial charge >= 0.3 is 5.69 Å². The highest BCUT2D eigenvalue weighted by Gasteiger charge is 2.20. The zero-order chi connectivity index (χ0) is 21.0. The summed E-state index contributed by atoms with van der Waals surface area (Å²) in [5.74, 6) is 0.127. The summed E-state index contributed by atoms with van der Waals surface area (Å²) in [5, 5.41) is 5.32. The minimum absolute atomic E-state index is 0.177. The molecule has 0 saturated heterocycles. The largest absolute Gasteiger partial charge is 0.382 e. The minimum Gasteiger partial charge on any atom is -0.382 e. The molecule has 1 aromatic carbocycles. The SMILES string of the molecule is Cn1c(=O)n(C)c2c(N)nc(-c3nn(Cc4ccccc4F)c4ncccc34)nc21. The van der Waals surface area contributed by atoms with E-state index < -0.39 is 0 Å². The Balaban J connectivity index is 1.73. The third-order valence-electron chi connectivity index (χ3n) is 5.12. The molecule has 2 N–H and O–H groups in total. The summed E-state index contributed by atoms with van der Waals surface area (Å²) in [4.78, 5) is 25.6. The number of hydrogen-bond acceptors (Lipinski definition) is 6. The number of nitrogens with two attached hydrogens (primary N) is 1. The Hall–Kier alpha value is -4.08. The van der Waals surface area contributed by atoms with Gasteiger partial charge in [0.05, 0.1) is 11.9 Å².